The molecule has 182 valence electrons. The SMILES string of the molecule is COc1cccc(CN(C(=O)CSc2nnc(-c3ccccc3)o2)C23CC4CC(CC(C4)C2)C3)c1. The summed E-state index contributed by atoms with van der Waals surface area (Å²) in [7, 11) is 1.69. The van der Waals surface area contributed by atoms with Crippen molar-refractivity contribution in [1.29, 1.82) is 0 Å². The van der Waals surface area contributed by atoms with E-state index in [4.69, 9.17) is 9.15 Å². The summed E-state index contributed by atoms with van der Waals surface area (Å²) >= 11 is 1.34. The van der Waals surface area contributed by atoms with Crippen LogP contribution in [-0.4, -0.2) is 39.4 Å². The van der Waals surface area contributed by atoms with Crippen molar-refractivity contribution in [3.63, 3.8) is 0 Å². The van der Waals surface area contributed by atoms with E-state index in [0.29, 0.717) is 23.4 Å². The minimum atomic E-state index is -0.0283. The van der Waals surface area contributed by atoms with Crippen LogP contribution in [0, 0.1) is 17.8 Å². The van der Waals surface area contributed by atoms with Gasteiger partial charge in [0.05, 0.1) is 12.9 Å². The van der Waals surface area contributed by atoms with Crippen LogP contribution >= 0.6 is 11.8 Å². The molecule has 1 heterocycles. The maximum absolute atomic E-state index is 13.9. The summed E-state index contributed by atoms with van der Waals surface area (Å²) in [4.78, 5) is 16.1. The largest absolute Gasteiger partial charge is 0.497 e. The molecular formula is C28H31N3O3S. The first-order valence-corrected chi connectivity index (χ1v) is 13.5. The summed E-state index contributed by atoms with van der Waals surface area (Å²) in [6, 6.07) is 17.8. The Labute approximate surface area is 210 Å². The number of aromatic nitrogens is 2. The molecule has 1 amide bonds. The molecule has 3 aromatic rings. The van der Waals surface area contributed by atoms with E-state index in [1.165, 1.54) is 31.0 Å². The zero-order chi connectivity index (χ0) is 23.8. The number of methoxy groups -OCH3 is 1. The second kappa shape index (κ2) is 9.34. The van der Waals surface area contributed by atoms with E-state index < -0.39 is 0 Å². The lowest BCUT2D eigenvalue weighted by molar-refractivity contribution is -0.149. The molecular weight excluding hydrogens is 458 g/mol. The van der Waals surface area contributed by atoms with Crippen LogP contribution < -0.4 is 4.74 Å². The number of nitrogens with zero attached hydrogens (tertiary/aromatic N) is 3. The predicted molar refractivity (Wildman–Crippen MR) is 135 cm³/mol. The molecule has 4 saturated carbocycles. The Morgan fingerprint density at radius 3 is 2.43 bits per heavy atom. The summed E-state index contributed by atoms with van der Waals surface area (Å²) in [5, 5.41) is 8.79. The summed E-state index contributed by atoms with van der Waals surface area (Å²) in [5.74, 6) is 4.04. The Hall–Kier alpha value is -2.80. The van der Waals surface area contributed by atoms with Gasteiger partial charge in [-0.05, 0) is 86.1 Å². The second-order valence-electron chi connectivity index (χ2n) is 10.5. The number of hydrogen-bond donors (Lipinski definition) is 0. The lowest BCUT2D eigenvalue weighted by Gasteiger charge is -2.60. The van der Waals surface area contributed by atoms with Gasteiger partial charge in [0, 0.05) is 17.6 Å². The number of amides is 1. The van der Waals surface area contributed by atoms with Crippen LogP contribution in [0.1, 0.15) is 44.1 Å². The fraction of sp³-hybridized carbons (Fsp3) is 0.464. The van der Waals surface area contributed by atoms with E-state index in [0.717, 1.165) is 53.9 Å². The summed E-state index contributed by atoms with van der Waals surface area (Å²) < 4.78 is 11.3. The van der Waals surface area contributed by atoms with E-state index in [9.17, 15) is 4.79 Å². The highest BCUT2D eigenvalue weighted by atomic mass is 32.2. The molecule has 0 saturated heterocycles. The number of hydrogen-bond acceptors (Lipinski definition) is 6. The Kier molecular flexibility index (Phi) is 6.04. The van der Waals surface area contributed by atoms with Crippen LogP contribution in [0.15, 0.2) is 64.2 Å². The number of thioether (sulfide) groups is 1. The topological polar surface area (TPSA) is 68.5 Å². The first-order valence-electron chi connectivity index (χ1n) is 12.6. The lowest BCUT2D eigenvalue weighted by Crippen LogP contribution is -2.61. The smallest absolute Gasteiger partial charge is 0.277 e. The van der Waals surface area contributed by atoms with Crippen LogP contribution in [0.3, 0.4) is 0 Å². The van der Waals surface area contributed by atoms with Crippen molar-refractivity contribution < 1.29 is 13.9 Å². The van der Waals surface area contributed by atoms with Gasteiger partial charge < -0.3 is 14.1 Å². The molecule has 4 bridgehead atoms. The molecule has 6 nitrogen and oxygen atoms in total. The molecule has 2 aromatic carbocycles. The van der Waals surface area contributed by atoms with Gasteiger partial charge in [-0.15, -0.1) is 10.2 Å². The lowest BCUT2D eigenvalue weighted by atomic mass is 9.52. The highest BCUT2D eigenvalue weighted by Gasteiger charge is 2.54. The highest BCUT2D eigenvalue weighted by molar-refractivity contribution is 7.99. The first-order chi connectivity index (χ1) is 17.1. The number of benzene rings is 2. The molecule has 0 unspecified atom stereocenters. The van der Waals surface area contributed by atoms with Crippen molar-refractivity contribution in [1.82, 2.24) is 15.1 Å². The van der Waals surface area contributed by atoms with Crippen LogP contribution in [0.25, 0.3) is 11.5 Å². The minimum Gasteiger partial charge on any atom is -0.497 e. The predicted octanol–water partition coefficient (Wildman–Crippen LogP) is 5.83. The van der Waals surface area contributed by atoms with Gasteiger partial charge in [0.25, 0.3) is 5.22 Å². The van der Waals surface area contributed by atoms with Crippen molar-refractivity contribution in [3.05, 3.63) is 60.2 Å². The quantitative estimate of drug-likeness (QED) is 0.371. The molecule has 4 aliphatic carbocycles. The van der Waals surface area contributed by atoms with Gasteiger partial charge in [-0.1, -0.05) is 42.1 Å². The third kappa shape index (κ3) is 4.58. The van der Waals surface area contributed by atoms with Crippen molar-refractivity contribution in [2.24, 2.45) is 17.8 Å². The Morgan fingerprint density at radius 2 is 1.74 bits per heavy atom. The summed E-state index contributed by atoms with van der Waals surface area (Å²) in [6.45, 7) is 0.613. The molecule has 4 aliphatic rings. The van der Waals surface area contributed by atoms with Gasteiger partial charge in [-0.3, -0.25) is 4.79 Å². The average molecular weight is 490 g/mol. The molecule has 0 atom stereocenters. The maximum atomic E-state index is 13.9. The van der Waals surface area contributed by atoms with E-state index in [-0.39, 0.29) is 11.4 Å². The van der Waals surface area contributed by atoms with Crippen LogP contribution in [0.5, 0.6) is 5.75 Å². The second-order valence-corrected chi connectivity index (χ2v) is 11.4. The molecule has 0 N–H and O–H groups in total. The van der Waals surface area contributed by atoms with Gasteiger partial charge >= 0.3 is 0 Å². The molecule has 0 aliphatic heterocycles. The van der Waals surface area contributed by atoms with Crippen molar-refractivity contribution in [3.8, 4) is 17.2 Å². The Morgan fingerprint density at radius 1 is 1.03 bits per heavy atom. The zero-order valence-electron chi connectivity index (χ0n) is 20.1. The number of carbonyl (C=O) groups is 1. The average Bonchev–Trinajstić information content (AvgIpc) is 3.35. The highest BCUT2D eigenvalue weighted by Crippen LogP contribution is 2.58. The van der Waals surface area contributed by atoms with Crippen LogP contribution in [0.2, 0.25) is 0 Å². The first kappa shape index (κ1) is 22.7. The molecule has 35 heavy (non-hydrogen) atoms. The van der Waals surface area contributed by atoms with Gasteiger partial charge in [0.2, 0.25) is 11.8 Å². The maximum Gasteiger partial charge on any atom is 0.277 e. The fourth-order valence-corrected chi connectivity index (χ4v) is 7.68. The van der Waals surface area contributed by atoms with Gasteiger partial charge in [0.1, 0.15) is 5.75 Å². The van der Waals surface area contributed by atoms with Crippen LogP contribution in [-0.2, 0) is 11.3 Å². The van der Waals surface area contributed by atoms with Crippen molar-refractivity contribution in [2.45, 2.75) is 55.8 Å². The summed E-state index contributed by atoms with van der Waals surface area (Å²) in [6.07, 6.45) is 7.45. The van der Waals surface area contributed by atoms with E-state index in [1.54, 1.807) is 7.11 Å². The van der Waals surface area contributed by atoms with E-state index in [1.807, 2.05) is 42.5 Å². The van der Waals surface area contributed by atoms with Gasteiger partial charge in [-0.2, -0.15) is 0 Å². The molecule has 0 spiro atoms. The number of ether oxygens (including phenoxy) is 1. The van der Waals surface area contributed by atoms with E-state index in [2.05, 4.69) is 27.2 Å². The monoisotopic (exact) mass is 489 g/mol. The van der Waals surface area contributed by atoms with Crippen molar-refractivity contribution >= 4 is 17.7 Å². The van der Waals surface area contributed by atoms with Crippen molar-refractivity contribution in [2.75, 3.05) is 12.9 Å². The third-order valence-corrected chi connectivity index (χ3v) is 8.90. The molecule has 7 heteroatoms. The number of carbonyl (C=O) groups excluding carboxylic acids is 1. The van der Waals surface area contributed by atoms with Crippen LogP contribution in [0.4, 0.5) is 0 Å². The molecule has 7 rings (SSSR count). The number of rotatable bonds is 8. The molecule has 4 fully saturated rings. The zero-order valence-corrected chi connectivity index (χ0v) is 20.9. The van der Waals surface area contributed by atoms with Gasteiger partial charge in [0.15, 0.2) is 0 Å². The standard InChI is InChI=1S/C28H31N3O3S/c1-33-24-9-5-6-19(13-24)17-31(28-14-20-10-21(15-28)12-22(11-20)16-28)25(32)18-35-27-30-29-26(34-27)23-7-3-2-4-8-23/h2-9,13,20-22H,10-12,14-18H2,1H3. The fourth-order valence-electron chi connectivity index (χ4n) is 7.04. The Balaban J connectivity index is 1.22. The third-order valence-electron chi connectivity index (χ3n) is 8.10. The minimum absolute atomic E-state index is 0.0283. The molecule has 0 radical (unpaired) electrons. The van der Waals surface area contributed by atoms with Gasteiger partial charge in [-0.25, -0.2) is 0 Å². The Bertz CT molecular complexity index is 1160. The normalized spacial score (nSPS) is 26.6. The molecule has 1 aromatic heterocycles. The van der Waals surface area contributed by atoms with E-state index >= 15 is 0 Å². The summed E-state index contributed by atoms with van der Waals surface area (Å²) in [5.41, 5.74) is 1.97.